The van der Waals surface area contributed by atoms with Crippen LogP contribution in [0.2, 0.25) is 0 Å². The molecule has 5 heteroatoms. The van der Waals surface area contributed by atoms with E-state index in [9.17, 15) is 4.79 Å². The third kappa shape index (κ3) is 3.83. The Morgan fingerprint density at radius 1 is 1.15 bits per heavy atom. The molecule has 2 aliphatic rings. The van der Waals surface area contributed by atoms with Crippen LogP contribution in [0.1, 0.15) is 35.7 Å². The Kier molecular flexibility index (Phi) is 4.80. The number of piperidine rings is 1. The van der Waals surface area contributed by atoms with E-state index in [1.807, 2.05) is 12.1 Å². The van der Waals surface area contributed by atoms with Gasteiger partial charge in [0.05, 0.1) is 0 Å². The van der Waals surface area contributed by atoms with Crippen LogP contribution in [0.4, 0.5) is 5.69 Å². The van der Waals surface area contributed by atoms with E-state index < -0.39 is 0 Å². The Balaban J connectivity index is 1.37. The average Bonchev–Trinajstić information content (AvgIpc) is 3.11. The highest BCUT2D eigenvalue weighted by atomic mass is 16.7. The summed E-state index contributed by atoms with van der Waals surface area (Å²) in [4.78, 5) is 14.9. The summed E-state index contributed by atoms with van der Waals surface area (Å²) in [6.45, 7) is 5.84. The molecule has 1 N–H and O–H groups in total. The zero-order valence-corrected chi connectivity index (χ0v) is 15.0. The van der Waals surface area contributed by atoms with Gasteiger partial charge in [-0.1, -0.05) is 19.1 Å². The second kappa shape index (κ2) is 7.38. The molecule has 1 atom stereocenters. The minimum absolute atomic E-state index is 0.152. The van der Waals surface area contributed by atoms with Gasteiger partial charge in [0, 0.05) is 24.3 Å². The number of hydrogen-bond acceptors (Lipinski definition) is 4. The number of carbonyl (C=O) groups excluding carboxylic acids is 1. The number of amides is 1. The second-order valence-corrected chi connectivity index (χ2v) is 7.20. The van der Waals surface area contributed by atoms with Crippen LogP contribution in [-0.2, 0) is 6.54 Å². The number of hydrogen-bond donors (Lipinski definition) is 1. The van der Waals surface area contributed by atoms with E-state index in [-0.39, 0.29) is 12.7 Å². The first-order chi connectivity index (χ1) is 12.7. The van der Waals surface area contributed by atoms with Gasteiger partial charge in [0.1, 0.15) is 0 Å². The van der Waals surface area contributed by atoms with Crippen LogP contribution in [0.3, 0.4) is 0 Å². The molecule has 1 amide bonds. The van der Waals surface area contributed by atoms with Gasteiger partial charge in [0.2, 0.25) is 6.79 Å². The SMILES string of the molecule is C[C@@H]1CCCN(Cc2ccc(NC(=O)c3ccc4c(c3)OCO4)cc2)C1. The van der Waals surface area contributed by atoms with Crippen molar-refractivity contribution in [2.75, 3.05) is 25.2 Å². The number of nitrogens with zero attached hydrogens (tertiary/aromatic N) is 1. The van der Waals surface area contributed by atoms with Crippen molar-refractivity contribution >= 4 is 11.6 Å². The summed E-state index contributed by atoms with van der Waals surface area (Å²) in [5, 5.41) is 2.94. The van der Waals surface area contributed by atoms with Crippen LogP contribution in [-0.4, -0.2) is 30.7 Å². The molecular weight excluding hydrogens is 328 g/mol. The van der Waals surface area contributed by atoms with Gasteiger partial charge < -0.3 is 14.8 Å². The molecule has 0 aliphatic carbocycles. The number of carbonyl (C=O) groups is 1. The first kappa shape index (κ1) is 16.9. The van der Waals surface area contributed by atoms with E-state index in [2.05, 4.69) is 29.3 Å². The highest BCUT2D eigenvalue weighted by Gasteiger charge is 2.17. The van der Waals surface area contributed by atoms with Crippen LogP contribution >= 0.6 is 0 Å². The van der Waals surface area contributed by atoms with Gasteiger partial charge in [-0.25, -0.2) is 0 Å². The van der Waals surface area contributed by atoms with Gasteiger partial charge in [-0.2, -0.15) is 0 Å². The molecule has 4 rings (SSSR count). The summed E-state index contributed by atoms with van der Waals surface area (Å²) in [5.41, 5.74) is 2.63. The third-order valence-corrected chi connectivity index (χ3v) is 4.99. The minimum Gasteiger partial charge on any atom is -0.454 e. The number of likely N-dealkylation sites (tertiary alicyclic amines) is 1. The van der Waals surface area contributed by atoms with Crippen LogP contribution in [0.15, 0.2) is 42.5 Å². The normalized spacial score (nSPS) is 19.3. The maximum atomic E-state index is 12.4. The smallest absolute Gasteiger partial charge is 0.255 e. The van der Waals surface area contributed by atoms with Crippen LogP contribution in [0.5, 0.6) is 11.5 Å². The molecule has 2 aromatic carbocycles. The molecule has 136 valence electrons. The van der Waals surface area contributed by atoms with E-state index in [0.29, 0.717) is 17.1 Å². The Hall–Kier alpha value is -2.53. The fourth-order valence-corrected chi connectivity index (χ4v) is 3.62. The fraction of sp³-hybridized carbons (Fsp3) is 0.381. The molecule has 0 saturated carbocycles. The van der Waals surface area contributed by atoms with Crippen LogP contribution in [0.25, 0.3) is 0 Å². The first-order valence-corrected chi connectivity index (χ1v) is 9.20. The van der Waals surface area contributed by atoms with Gasteiger partial charge >= 0.3 is 0 Å². The number of nitrogens with one attached hydrogen (secondary N) is 1. The molecule has 0 spiro atoms. The maximum absolute atomic E-state index is 12.4. The second-order valence-electron chi connectivity index (χ2n) is 7.20. The lowest BCUT2D eigenvalue weighted by Crippen LogP contribution is -2.33. The van der Waals surface area contributed by atoms with Crippen molar-refractivity contribution in [1.82, 2.24) is 4.90 Å². The van der Waals surface area contributed by atoms with Gasteiger partial charge in [-0.05, 0) is 61.2 Å². The highest BCUT2D eigenvalue weighted by molar-refractivity contribution is 6.04. The summed E-state index contributed by atoms with van der Waals surface area (Å²) >= 11 is 0. The lowest BCUT2D eigenvalue weighted by atomic mass is 10.00. The average molecular weight is 352 g/mol. The molecule has 0 bridgehead atoms. The van der Waals surface area contributed by atoms with Crippen molar-refractivity contribution < 1.29 is 14.3 Å². The number of benzene rings is 2. The van der Waals surface area contributed by atoms with Gasteiger partial charge in [-0.3, -0.25) is 9.69 Å². The van der Waals surface area contributed by atoms with E-state index in [4.69, 9.17) is 9.47 Å². The monoisotopic (exact) mass is 352 g/mol. The lowest BCUT2D eigenvalue weighted by molar-refractivity contribution is 0.102. The number of rotatable bonds is 4. The van der Waals surface area contributed by atoms with Crippen LogP contribution in [0, 0.1) is 5.92 Å². The predicted octanol–water partition coefficient (Wildman–Crippen LogP) is 3.90. The number of fused-ring (bicyclic) bond motifs is 1. The zero-order valence-electron chi connectivity index (χ0n) is 15.0. The molecule has 0 radical (unpaired) electrons. The van der Waals surface area contributed by atoms with Gasteiger partial charge in [0.25, 0.3) is 5.91 Å². The molecule has 0 aromatic heterocycles. The Labute approximate surface area is 153 Å². The predicted molar refractivity (Wildman–Crippen MR) is 101 cm³/mol. The van der Waals surface area contributed by atoms with Gasteiger partial charge in [-0.15, -0.1) is 0 Å². The maximum Gasteiger partial charge on any atom is 0.255 e. The Morgan fingerprint density at radius 3 is 2.77 bits per heavy atom. The van der Waals surface area contributed by atoms with Crippen molar-refractivity contribution in [1.29, 1.82) is 0 Å². The molecule has 2 aliphatic heterocycles. The van der Waals surface area contributed by atoms with E-state index in [1.54, 1.807) is 18.2 Å². The highest BCUT2D eigenvalue weighted by Crippen LogP contribution is 2.32. The summed E-state index contributed by atoms with van der Waals surface area (Å²) in [7, 11) is 0. The van der Waals surface area contributed by atoms with Gasteiger partial charge in [0.15, 0.2) is 11.5 Å². The molecule has 1 fully saturated rings. The topological polar surface area (TPSA) is 50.8 Å². The van der Waals surface area contributed by atoms with Crippen molar-refractivity contribution in [3.05, 3.63) is 53.6 Å². The van der Waals surface area contributed by atoms with Crippen molar-refractivity contribution in [2.24, 2.45) is 5.92 Å². The standard InChI is InChI=1S/C21H24N2O3/c1-15-3-2-10-23(12-15)13-16-4-7-18(8-5-16)22-21(24)17-6-9-19-20(11-17)26-14-25-19/h4-9,11,15H,2-3,10,12-14H2,1H3,(H,22,24)/t15-/m1/s1. The molecule has 2 aromatic rings. The summed E-state index contributed by atoms with van der Waals surface area (Å²) in [6.07, 6.45) is 2.62. The molecular formula is C21H24N2O3. The summed E-state index contributed by atoms with van der Waals surface area (Å²) in [5.74, 6) is 1.92. The summed E-state index contributed by atoms with van der Waals surface area (Å²) in [6, 6.07) is 13.3. The van der Waals surface area contributed by atoms with E-state index in [1.165, 1.54) is 31.5 Å². The van der Waals surface area contributed by atoms with Crippen molar-refractivity contribution in [2.45, 2.75) is 26.3 Å². The zero-order chi connectivity index (χ0) is 17.9. The Morgan fingerprint density at radius 2 is 1.96 bits per heavy atom. The number of anilines is 1. The minimum atomic E-state index is -0.152. The fourth-order valence-electron chi connectivity index (χ4n) is 3.62. The molecule has 2 heterocycles. The molecule has 1 saturated heterocycles. The molecule has 26 heavy (non-hydrogen) atoms. The third-order valence-electron chi connectivity index (χ3n) is 4.99. The first-order valence-electron chi connectivity index (χ1n) is 9.20. The summed E-state index contributed by atoms with van der Waals surface area (Å²) < 4.78 is 10.6. The largest absolute Gasteiger partial charge is 0.454 e. The van der Waals surface area contributed by atoms with Crippen molar-refractivity contribution in [3.63, 3.8) is 0 Å². The molecule has 5 nitrogen and oxygen atoms in total. The number of ether oxygens (including phenoxy) is 2. The quantitative estimate of drug-likeness (QED) is 0.907. The van der Waals surface area contributed by atoms with Crippen LogP contribution < -0.4 is 14.8 Å². The van der Waals surface area contributed by atoms with Crippen molar-refractivity contribution in [3.8, 4) is 11.5 Å². The Bertz CT molecular complexity index is 788. The lowest BCUT2D eigenvalue weighted by Gasteiger charge is -2.30. The van der Waals surface area contributed by atoms with E-state index >= 15 is 0 Å². The van der Waals surface area contributed by atoms with E-state index in [0.717, 1.165) is 18.2 Å². The molecule has 0 unspecified atom stereocenters.